The van der Waals surface area contributed by atoms with Crippen LogP contribution in [0.3, 0.4) is 0 Å². The first-order valence-electron chi connectivity index (χ1n) is 4.95. The molecular weight excluding hydrogens is 174 g/mol. The van der Waals surface area contributed by atoms with E-state index in [4.69, 9.17) is 5.11 Å². The average Bonchev–Trinajstić information content (AvgIpc) is 2.16. The molecule has 0 spiro atoms. The number of aryl methyl sites for hydroxylation is 1. The topological polar surface area (TPSA) is 32.3 Å². The van der Waals surface area contributed by atoms with Gasteiger partial charge in [-0.1, -0.05) is 43.7 Å². The normalized spacial score (nSPS) is 11.7. The second-order valence-corrected chi connectivity index (χ2v) is 4.33. The summed E-state index contributed by atoms with van der Waals surface area (Å²) in [5.41, 5.74) is 2.64. The zero-order valence-corrected chi connectivity index (χ0v) is 9.17. The van der Waals surface area contributed by atoms with Crippen molar-refractivity contribution in [3.8, 4) is 0 Å². The highest BCUT2D eigenvalue weighted by Crippen LogP contribution is 2.22. The highest BCUT2D eigenvalue weighted by Gasteiger charge is 2.19. The second-order valence-electron chi connectivity index (χ2n) is 4.33. The van der Waals surface area contributed by atoms with Gasteiger partial charge in [0.15, 0.2) is 0 Å². The Morgan fingerprint density at radius 1 is 1.21 bits per heavy atom. The first-order chi connectivity index (χ1) is 6.56. The number of benzene rings is 1. The third-order valence-corrected chi connectivity index (χ3v) is 2.51. The van der Waals surface area contributed by atoms with Gasteiger partial charge in [-0.3, -0.25) is 5.32 Å². The molecule has 2 nitrogen and oxygen atoms in total. The van der Waals surface area contributed by atoms with E-state index in [1.807, 2.05) is 0 Å². The Bertz CT molecular complexity index is 277. The summed E-state index contributed by atoms with van der Waals surface area (Å²) >= 11 is 0. The molecule has 14 heavy (non-hydrogen) atoms. The van der Waals surface area contributed by atoms with Crippen LogP contribution in [0.5, 0.6) is 0 Å². The molecule has 0 fully saturated rings. The van der Waals surface area contributed by atoms with Gasteiger partial charge in [-0.2, -0.15) is 0 Å². The van der Waals surface area contributed by atoms with Gasteiger partial charge in [0, 0.05) is 12.0 Å². The van der Waals surface area contributed by atoms with Crippen molar-refractivity contribution >= 4 is 0 Å². The molecule has 0 heterocycles. The Balaban J connectivity index is 2.75. The Morgan fingerprint density at radius 3 is 2.29 bits per heavy atom. The predicted octanol–water partition coefficient (Wildman–Crippen LogP) is 1.81. The molecular formula is C12H19NO. The maximum absolute atomic E-state index is 8.71. The van der Waals surface area contributed by atoms with Crippen LogP contribution in [0, 0.1) is 6.92 Å². The fourth-order valence-electron chi connectivity index (χ4n) is 1.48. The standard InChI is InChI=1S/C12H19NO/c1-10-4-6-11(7-5-10)12(2,3)8-13-9-14/h4-7,13-14H,8-9H2,1-3H3. The van der Waals surface area contributed by atoms with Crippen molar-refractivity contribution in [3.05, 3.63) is 35.4 Å². The quantitative estimate of drug-likeness (QED) is 0.715. The third-order valence-electron chi connectivity index (χ3n) is 2.51. The summed E-state index contributed by atoms with van der Waals surface area (Å²) in [6.45, 7) is 7.24. The molecule has 0 aliphatic rings. The summed E-state index contributed by atoms with van der Waals surface area (Å²) in [4.78, 5) is 0. The molecule has 0 amide bonds. The van der Waals surface area contributed by atoms with E-state index in [1.54, 1.807) is 0 Å². The molecule has 2 N–H and O–H groups in total. The number of hydrogen-bond donors (Lipinski definition) is 2. The van der Waals surface area contributed by atoms with Gasteiger partial charge in [0.1, 0.15) is 0 Å². The first-order valence-corrected chi connectivity index (χ1v) is 4.95. The minimum atomic E-state index is 0.0370. The van der Waals surface area contributed by atoms with E-state index in [1.165, 1.54) is 11.1 Å². The molecule has 0 saturated heterocycles. The lowest BCUT2D eigenvalue weighted by atomic mass is 9.84. The highest BCUT2D eigenvalue weighted by molar-refractivity contribution is 5.27. The first kappa shape index (κ1) is 11.2. The van der Waals surface area contributed by atoms with Gasteiger partial charge in [0.25, 0.3) is 0 Å². The van der Waals surface area contributed by atoms with Crippen molar-refractivity contribution in [3.63, 3.8) is 0 Å². The molecule has 1 aromatic carbocycles. The van der Waals surface area contributed by atoms with E-state index in [9.17, 15) is 0 Å². The van der Waals surface area contributed by atoms with Gasteiger partial charge in [-0.15, -0.1) is 0 Å². The monoisotopic (exact) mass is 193 g/mol. The van der Waals surface area contributed by atoms with Crippen LogP contribution in [0.25, 0.3) is 0 Å². The van der Waals surface area contributed by atoms with E-state index in [2.05, 4.69) is 50.4 Å². The van der Waals surface area contributed by atoms with Crippen molar-refractivity contribution < 1.29 is 5.11 Å². The third kappa shape index (κ3) is 2.82. The van der Waals surface area contributed by atoms with Gasteiger partial charge in [-0.05, 0) is 12.5 Å². The Labute approximate surface area is 86.0 Å². The molecule has 0 atom stereocenters. The molecule has 1 aromatic rings. The molecule has 78 valence electrons. The van der Waals surface area contributed by atoms with Crippen LogP contribution < -0.4 is 5.32 Å². The minimum absolute atomic E-state index is 0.0370. The van der Waals surface area contributed by atoms with Gasteiger partial charge in [0.2, 0.25) is 0 Å². The molecule has 0 bridgehead atoms. The van der Waals surface area contributed by atoms with E-state index in [-0.39, 0.29) is 12.1 Å². The van der Waals surface area contributed by atoms with Crippen LogP contribution >= 0.6 is 0 Å². The van der Waals surface area contributed by atoms with Crippen molar-refractivity contribution in [2.75, 3.05) is 13.3 Å². The second kappa shape index (κ2) is 4.58. The lowest BCUT2D eigenvalue weighted by Gasteiger charge is -2.25. The molecule has 0 unspecified atom stereocenters. The molecule has 2 heteroatoms. The van der Waals surface area contributed by atoms with Gasteiger partial charge in [0.05, 0.1) is 6.73 Å². The maximum Gasteiger partial charge on any atom is 0.0931 e. The minimum Gasteiger partial charge on any atom is -0.381 e. The van der Waals surface area contributed by atoms with E-state index < -0.39 is 0 Å². The summed E-state index contributed by atoms with van der Waals surface area (Å²) < 4.78 is 0. The molecule has 0 aliphatic carbocycles. The fraction of sp³-hybridized carbons (Fsp3) is 0.500. The summed E-state index contributed by atoms with van der Waals surface area (Å²) in [6.07, 6.45) is 0. The summed E-state index contributed by atoms with van der Waals surface area (Å²) in [6, 6.07) is 8.54. The smallest absolute Gasteiger partial charge is 0.0931 e. The van der Waals surface area contributed by atoms with Crippen LogP contribution in [0.15, 0.2) is 24.3 Å². The van der Waals surface area contributed by atoms with Crippen LogP contribution in [0.4, 0.5) is 0 Å². The summed E-state index contributed by atoms with van der Waals surface area (Å²) in [5, 5.41) is 11.7. The molecule has 0 saturated carbocycles. The lowest BCUT2D eigenvalue weighted by molar-refractivity contribution is 0.247. The fourth-order valence-corrected chi connectivity index (χ4v) is 1.48. The number of nitrogens with one attached hydrogen (secondary N) is 1. The Hall–Kier alpha value is -0.860. The zero-order chi connectivity index (χ0) is 10.6. The van der Waals surface area contributed by atoms with Crippen LogP contribution in [0.2, 0.25) is 0 Å². The van der Waals surface area contributed by atoms with Gasteiger partial charge < -0.3 is 5.11 Å². The van der Waals surface area contributed by atoms with E-state index >= 15 is 0 Å². The zero-order valence-electron chi connectivity index (χ0n) is 9.17. The summed E-state index contributed by atoms with van der Waals surface area (Å²) in [5.74, 6) is 0. The molecule has 1 rings (SSSR count). The van der Waals surface area contributed by atoms with Crippen LogP contribution in [-0.2, 0) is 5.41 Å². The van der Waals surface area contributed by atoms with E-state index in [0.717, 1.165) is 6.54 Å². The molecule has 0 aliphatic heterocycles. The van der Waals surface area contributed by atoms with Gasteiger partial charge in [-0.25, -0.2) is 0 Å². The summed E-state index contributed by atoms with van der Waals surface area (Å²) in [7, 11) is 0. The van der Waals surface area contributed by atoms with Crippen molar-refractivity contribution in [2.24, 2.45) is 0 Å². The highest BCUT2D eigenvalue weighted by atomic mass is 16.3. The SMILES string of the molecule is Cc1ccc(C(C)(C)CNCO)cc1. The average molecular weight is 193 g/mol. The predicted molar refractivity (Wildman–Crippen MR) is 59.3 cm³/mol. The van der Waals surface area contributed by atoms with E-state index in [0.29, 0.717) is 0 Å². The lowest BCUT2D eigenvalue weighted by Crippen LogP contribution is -2.33. The van der Waals surface area contributed by atoms with Crippen LogP contribution in [-0.4, -0.2) is 18.4 Å². The molecule has 0 aromatic heterocycles. The largest absolute Gasteiger partial charge is 0.381 e. The van der Waals surface area contributed by atoms with Crippen molar-refractivity contribution in [1.82, 2.24) is 5.32 Å². The number of hydrogen-bond acceptors (Lipinski definition) is 2. The maximum atomic E-state index is 8.71. The Kier molecular flexibility index (Phi) is 3.67. The van der Waals surface area contributed by atoms with Crippen LogP contribution in [0.1, 0.15) is 25.0 Å². The Morgan fingerprint density at radius 2 is 1.79 bits per heavy atom. The number of aliphatic hydroxyl groups is 1. The number of rotatable bonds is 4. The van der Waals surface area contributed by atoms with Crippen molar-refractivity contribution in [2.45, 2.75) is 26.2 Å². The molecule has 0 radical (unpaired) electrons. The van der Waals surface area contributed by atoms with Gasteiger partial charge >= 0.3 is 0 Å². The number of aliphatic hydroxyl groups excluding tert-OH is 1. The van der Waals surface area contributed by atoms with Crippen molar-refractivity contribution in [1.29, 1.82) is 0 Å².